The van der Waals surface area contributed by atoms with Gasteiger partial charge in [0.05, 0.1) is 23.9 Å². The second-order valence-corrected chi connectivity index (χ2v) is 8.59. The predicted molar refractivity (Wildman–Crippen MR) is 123 cm³/mol. The van der Waals surface area contributed by atoms with Crippen molar-refractivity contribution in [1.29, 1.82) is 0 Å². The minimum atomic E-state index is -0.0781. The molecule has 0 unspecified atom stereocenters. The third-order valence-electron chi connectivity index (χ3n) is 4.45. The van der Waals surface area contributed by atoms with Crippen LogP contribution in [0.25, 0.3) is 11.4 Å². The Kier molecular flexibility index (Phi) is 6.63. The summed E-state index contributed by atoms with van der Waals surface area (Å²) in [5, 5.41) is 15.1. The van der Waals surface area contributed by atoms with Crippen LogP contribution in [0.4, 0.5) is 5.69 Å². The Hall–Kier alpha value is -3.17. The lowest BCUT2D eigenvalue weighted by Crippen LogP contribution is -2.14. The van der Waals surface area contributed by atoms with Gasteiger partial charge < -0.3 is 9.73 Å². The molecule has 1 N–H and O–H groups in total. The Labute approximate surface area is 188 Å². The smallest absolute Gasteiger partial charge is 0.231 e. The summed E-state index contributed by atoms with van der Waals surface area (Å²) in [6, 6.07) is 11.3. The van der Waals surface area contributed by atoms with Crippen molar-refractivity contribution in [1.82, 2.24) is 19.7 Å². The Morgan fingerprint density at radius 1 is 1.29 bits per heavy atom. The van der Waals surface area contributed by atoms with E-state index in [1.165, 1.54) is 11.3 Å². The number of benzene rings is 1. The van der Waals surface area contributed by atoms with Gasteiger partial charge in [-0.1, -0.05) is 36.0 Å². The summed E-state index contributed by atoms with van der Waals surface area (Å²) >= 11 is 3.04. The molecule has 4 aromatic rings. The van der Waals surface area contributed by atoms with Crippen molar-refractivity contribution in [2.24, 2.45) is 0 Å². The number of aryl methyl sites for hydroxylation is 1. The molecule has 1 amide bonds. The summed E-state index contributed by atoms with van der Waals surface area (Å²) in [6.45, 7) is 6.34. The first kappa shape index (κ1) is 21.1. The molecule has 0 radical (unpaired) electrons. The Morgan fingerprint density at radius 3 is 2.87 bits per heavy atom. The lowest BCUT2D eigenvalue weighted by atomic mass is 10.2. The maximum absolute atomic E-state index is 12.2. The van der Waals surface area contributed by atoms with E-state index in [4.69, 9.17) is 4.42 Å². The SMILES string of the molecule is C=CCn1c(SCc2csc(CC(=O)Nc3ccccc3)n2)nnc1-c1ccoc1C. The van der Waals surface area contributed by atoms with Crippen molar-refractivity contribution in [2.45, 2.75) is 30.8 Å². The van der Waals surface area contributed by atoms with Crippen molar-refractivity contribution in [2.75, 3.05) is 5.32 Å². The number of aromatic nitrogens is 4. The van der Waals surface area contributed by atoms with Gasteiger partial charge >= 0.3 is 0 Å². The van der Waals surface area contributed by atoms with Crippen LogP contribution in [0.15, 0.2) is 70.3 Å². The van der Waals surface area contributed by atoms with Gasteiger partial charge in [-0.3, -0.25) is 9.36 Å². The molecule has 9 heteroatoms. The van der Waals surface area contributed by atoms with Crippen LogP contribution in [0.1, 0.15) is 16.5 Å². The molecule has 1 aromatic carbocycles. The molecule has 3 aromatic heterocycles. The van der Waals surface area contributed by atoms with Crippen molar-refractivity contribution in [3.8, 4) is 11.4 Å². The normalized spacial score (nSPS) is 10.9. The highest BCUT2D eigenvalue weighted by atomic mass is 32.2. The molecule has 0 aliphatic heterocycles. The third kappa shape index (κ3) is 5.12. The number of thioether (sulfide) groups is 1. The second kappa shape index (κ2) is 9.76. The number of nitrogens with one attached hydrogen (secondary N) is 1. The molecule has 4 rings (SSSR count). The van der Waals surface area contributed by atoms with Crippen LogP contribution in [-0.4, -0.2) is 25.7 Å². The number of rotatable bonds is 9. The number of para-hydroxylation sites is 1. The average Bonchev–Trinajstić information content (AvgIpc) is 3.48. The molecule has 0 atom stereocenters. The number of thiazole rings is 1. The fourth-order valence-electron chi connectivity index (χ4n) is 3.00. The van der Waals surface area contributed by atoms with E-state index in [0.29, 0.717) is 12.3 Å². The number of nitrogens with zero attached hydrogens (tertiary/aromatic N) is 4. The van der Waals surface area contributed by atoms with E-state index < -0.39 is 0 Å². The monoisotopic (exact) mass is 451 g/mol. The van der Waals surface area contributed by atoms with E-state index in [2.05, 4.69) is 27.1 Å². The van der Waals surface area contributed by atoms with Gasteiger partial charge in [-0.2, -0.15) is 0 Å². The van der Waals surface area contributed by atoms with Crippen LogP contribution < -0.4 is 5.32 Å². The molecule has 0 spiro atoms. The lowest BCUT2D eigenvalue weighted by molar-refractivity contribution is -0.115. The molecule has 158 valence electrons. The van der Waals surface area contributed by atoms with Gasteiger partial charge in [0.2, 0.25) is 5.91 Å². The molecule has 0 saturated carbocycles. The minimum absolute atomic E-state index is 0.0781. The van der Waals surface area contributed by atoms with E-state index >= 15 is 0 Å². The molecule has 0 aliphatic rings. The van der Waals surface area contributed by atoms with Gasteiger partial charge in [-0.25, -0.2) is 4.98 Å². The fraction of sp³-hybridized carbons (Fsp3) is 0.182. The molecule has 0 bridgehead atoms. The van der Waals surface area contributed by atoms with Crippen LogP contribution in [-0.2, 0) is 23.5 Å². The topological polar surface area (TPSA) is 85.8 Å². The molecule has 31 heavy (non-hydrogen) atoms. The average molecular weight is 452 g/mol. The molecule has 3 heterocycles. The predicted octanol–water partition coefficient (Wildman–Crippen LogP) is 4.96. The van der Waals surface area contributed by atoms with Crippen LogP contribution in [0.5, 0.6) is 0 Å². The van der Waals surface area contributed by atoms with E-state index in [1.807, 2.05) is 59.3 Å². The van der Waals surface area contributed by atoms with Gasteiger partial charge in [-0.15, -0.1) is 28.1 Å². The zero-order valence-electron chi connectivity index (χ0n) is 16.9. The highest BCUT2D eigenvalue weighted by Gasteiger charge is 2.17. The molecule has 0 fully saturated rings. The van der Waals surface area contributed by atoms with Gasteiger partial charge in [-0.05, 0) is 25.1 Å². The third-order valence-corrected chi connectivity index (χ3v) is 6.34. The number of carbonyl (C=O) groups excluding carboxylic acids is 1. The first-order valence-electron chi connectivity index (χ1n) is 9.63. The summed E-state index contributed by atoms with van der Waals surface area (Å²) in [4.78, 5) is 16.8. The number of furan rings is 1. The first-order valence-corrected chi connectivity index (χ1v) is 11.5. The number of hydrogen-bond acceptors (Lipinski definition) is 7. The summed E-state index contributed by atoms with van der Waals surface area (Å²) in [7, 11) is 0. The van der Waals surface area contributed by atoms with Crippen molar-refractivity contribution in [3.05, 3.63) is 77.2 Å². The zero-order valence-corrected chi connectivity index (χ0v) is 18.6. The van der Waals surface area contributed by atoms with Gasteiger partial charge in [0.15, 0.2) is 11.0 Å². The van der Waals surface area contributed by atoms with Crippen molar-refractivity contribution in [3.63, 3.8) is 0 Å². The lowest BCUT2D eigenvalue weighted by Gasteiger charge is -2.06. The van der Waals surface area contributed by atoms with Gasteiger partial charge in [0.25, 0.3) is 0 Å². The Balaban J connectivity index is 1.39. The van der Waals surface area contributed by atoms with Crippen LogP contribution in [0.3, 0.4) is 0 Å². The zero-order chi connectivity index (χ0) is 21.6. The summed E-state index contributed by atoms with van der Waals surface area (Å²) < 4.78 is 7.42. The number of hydrogen-bond donors (Lipinski definition) is 1. The first-order chi connectivity index (χ1) is 15.1. The summed E-state index contributed by atoms with van der Waals surface area (Å²) in [5.41, 5.74) is 2.61. The number of anilines is 1. The number of allylic oxidation sites excluding steroid dienone is 1. The van der Waals surface area contributed by atoms with Gasteiger partial charge in [0.1, 0.15) is 10.8 Å². The summed E-state index contributed by atoms with van der Waals surface area (Å²) in [6.07, 6.45) is 3.72. The van der Waals surface area contributed by atoms with E-state index in [0.717, 1.165) is 38.7 Å². The van der Waals surface area contributed by atoms with E-state index in [1.54, 1.807) is 18.0 Å². The van der Waals surface area contributed by atoms with Crippen LogP contribution in [0, 0.1) is 6.92 Å². The van der Waals surface area contributed by atoms with Crippen molar-refractivity contribution >= 4 is 34.7 Å². The summed E-state index contributed by atoms with van der Waals surface area (Å²) in [5.74, 6) is 2.11. The van der Waals surface area contributed by atoms with Crippen LogP contribution >= 0.6 is 23.1 Å². The Bertz CT molecular complexity index is 1180. The molecule has 0 aliphatic carbocycles. The minimum Gasteiger partial charge on any atom is -0.469 e. The second-order valence-electron chi connectivity index (χ2n) is 6.71. The standard InChI is InChI=1S/C22H21N5O2S2/c1-3-10-27-21(18-9-11-29-15(18)2)25-26-22(27)31-14-17-13-30-20(24-17)12-19(28)23-16-7-5-4-6-8-16/h3-9,11,13H,1,10,12,14H2,2H3,(H,23,28). The highest BCUT2D eigenvalue weighted by Crippen LogP contribution is 2.29. The molecular formula is C22H21N5O2S2. The molecular weight excluding hydrogens is 430 g/mol. The van der Waals surface area contributed by atoms with Gasteiger partial charge in [0, 0.05) is 23.4 Å². The maximum atomic E-state index is 12.2. The maximum Gasteiger partial charge on any atom is 0.231 e. The van der Waals surface area contributed by atoms with E-state index in [9.17, 15) is 4.79 Å². The molecule has 0 saturated heterocycles. The fourth-order valence-corrected chi connectivity index (χ4v) is 4.74. The van der Waals surface area contributed by atoms with E-state index in [-0.39, 0.29) is 12.3 Å². The quantitative estimate of drug-likeness (QED) is 0.286. The highest BCUT2D eigenvalue weighted by molar-refractivity contribution is 7.98. The van der Waals surface area contributed by atoms with Crippen molar-refractivity contribution < 1.29 is 9.21 Å². The number of carbonyl (C=O) groups is 1. The molecule has 7 nitrogen and oxygen atoms in total. The largest absolute Gasteiger partial charge is 0.469 e. The van der Waals surface area contributed by atoms with Crippen LogP contribution in [0.2, 0.25) is 0 Å². The Morgan fingerprint density at radius 2 is 2.13 bits per heavy atom. The number of amides is 1.